The lowest BCUT2D eigenvalue weighted by molar-refractivity contribution is 0.0429. The normalized spacial score (nSPS) is 10.7. The Morgan fingerprint density at radius 3 is 3.15 bits per heavy atom. The smallest absolute Gasteiger partial charge is 0.341 e. The second-order valence-corrected chi connectivity index (χ2v) is 4.92. The van der Waals surface area contributed by atoms with Gasteiger partial charge in [0.25, 0.3) is 5.89 Å². The largest absolute Gasteiger partial charge is 0.452 e. The number of hydrogen-bond acceptors (Lipinski definition) is 7. The molecular formula is C12H10N4O3S. The lowest BCUT2D eigenvalue weighted by Crippen LogP contribution is -2.04. The Hall–Kier alpha value is -2.48. The molecule has 0 unspecified atom stereocenters. The number of thiophene rings is 1. The maximum absolute atomic E-state index is 11.7. The first-order chi connectivity index (χ1) is 9.72. The third-order valence-corrected chi connectivity index (χ3v) is 3.34. The van der Waals surface area contributed by atoms with Gasteiger partial charge in [-0.3, -0.25) is 4.68 Å². The highest BCUT2D eigenvalue weighted by atomic mass is 32.1. The van der Waals surface area contributed by atoms with E-state index in [0.29, 0.717) is 11.4 Å². The molecule has 3 aromatic heterocycles. The topological polar surface area (TPSA) is 83.0 Å². The zero-order chi connectivity index (χ0) is 13.9. The molecule has 3 aromatic rings. The SMILES string of the molecule is Cn1cc(C(=O)OCc2nc(-c3cccs3)no2)cn1. The summed E-state index contributed by atoms with van der Waals surface area (Å²) >= 11 is 1.51. The van der Waals surface area contributed by atoms with Crippen LogP contribution in [-0.2, 0) is 18.4 Å². The van der Waals surface area contributed by atoms with Crippen molar-refractivity contribution < 1.29 is 14.1 Å². The minimum atomic E-state index is -0.478. The monoisotopic (exact) mass is 290 g/mol. The van der Waals surface area contributed by atoms with Gasteiger partial charge in [0, 0.05) is 13.2 Å². The summed E-state index contributed by atoms with van der Waals surface area (Å²) in [6.07, 6.45) is 3.01. The number of esters is 1. The van der Waals surface area contributed by atoms with Crippen LogP contribution in [0.25, 0.3) is 10.7 Å². The van der Waals surface area contributed by atoms with Crippen molar-refractivity contribution in [2.24, 2.45) is 7.05 Å². The van der Waals surface area contributed by atoms with Crippen LogP contribution in [0.4, 0.5) is 0 Å². The molecule has 0 amide bonds. The first-order valence-electron chi connectivity index (χ1n) is 5.74. The van der Waals surface area contributed by atoms with Crippen LogP contribution in [0.2, 0.25) is 0 Å². The summed E-state index contributed by atoms with van der Waals surface area (Å²) in [7, 11) is 1.72. The van der Waals surface area contributed by atoms with E-state index in [0.717, 1.165) is 4.88 Å². The number of carbonyl (C=O) groups is 1. The maximum atomic E-state index is 11.7. The molecule has 102 valence electrons. The Kier molecular flexibility index (Phi) is 3.30. The molecular weight excluding hydrogens is 280 g/mol. The van der Waals surface area contributed by atoms with Gasteiger partial charge in [0.1, 0.15) is 0 Å². The average Bonchev–Trinajstić information content (AvgIpc) is 3.16. The second-order valence-electron chi connectivity index (χ2n) is 3.97. The molecule has 0 fully saturated rings. The molecule has 0 saturated heterocycles. The van der Waals surface area contributed by atoms with Gasteiger partial charge in [-0.05, 0) is 11.4 Å². The lowest BCUT2D eigenvalue weighted by Gasteiger charge is -1.97. The molecule has 0 spiro atoms. The second kappa shape index (κ2) is 5.25. The van der Waals surface area contributed by atoms with Crippen LogP contribution < -0.4 is 0 Å². The Labute approximate surface area is 117 Å². The molecule has 3 rings (SSSR count). The summed E-state index contributed by atoms with van der Waals surface area (Å²) < 4.78 is 11.6. The minimum absolute atomic E-state index is 0.0634. The number of hydrogen-bond donors (Lipinski definition) is 0. The number of nitrogens with zero attached hydrogens (tertiary/aromatic N) is 4. The number of aromatic nitrogens is 4. The Morgan fingerprint density at radius 1 is 1.55 bits per heavy atom. The van der Waals surface area contributed by atoms with Gasteiger partial charge in [-0.15, -0.1) is 11.3 Å². The fourth-order valence-corrected chi connectivity index (χ4v) is 2.21. The van der Waals surface area contributed by atoms with E-state index in [9.17, 15) is 4.79 Å². The van der Waals surface area contributed by atoms with Crippen LogP contribution in [0.15, 0.2) is 34.4 Å². The Balaban J connectivity index is 1.63. The van der Waals surface area contributed by atoms with Gasteiger partial charge in [-0.1, -0.05) is 11.2 Å². The van der Waals surface area contributed by atoms with Crippen LogP contribution in [0.3, 0.4) is 0 Å². The van der Waals surface area contributed by atoms with E-state index in [-0.39, 0.29) is 12.5 Å². The summed E-state index contributed by atoms with van der Waals surface area (Å²) in [5, 5.41) is 9.65. The zero-order valence-electron chi connectivity index (χ0n) is 10.5. The summed E-state index contributed by atoms with van der Waals surface area (Å²) in [6, 6.07) is 3.79. The number of aryl methyl sites for hydroxylation is 1. The van der Waals surface area contributed by atoms with E-state index >= 15 is 0 Å². The Bertz CT molecular complexity index is 717. The third kappa shape index (κ3) is 2.59. The van der Waals surface area contributed by atoms with Gasteiger partial charge >= 0.3 is 5.97 Å². The van der Waals surface area contributed by atoms with Crippen LogP contribution in [0, 0.1) is 0 Å². The van der Waals surface area contributed by atoms with Gasteiger partial charge in [0.2, 0.25) is 5.82 Å². The summed E-state index contributed by atoms with van der Waals surface area (Å²) in [6.45, 7) is -0.0634. The maximum Gasteiger partial charge on any atom is 0.341 e. The van der Waals surface area contributed by atoms with Crippen molar-refractivity contribution in [1.29, 1.82) is 0 Å². The highest BCUT2D eigenvalue weighted by Crippen LogP contribution is 2.21. The summed E-state index contributed by atoms with van der Waals surface area (Å²) in [5.74, 6) is 0.270. The van der Waals surface area contributed by atoms with Crippen molar-refractivity contribution in [3.63, 3.8) is 0 Å². The fraction of sp³-hybridized carbons (Fsp3) is 0.167. The highest BCUT2D eigenvalue weighted by Gasteiger charge is 2.13. The zero-order valence-corrected chi connectivity index (χ0v) is 11.3. The predicted molar refractivity (Wildman–Crippen MR) is 69.9 cm³/mol. The summed E-state index contributed by atoms with van der Waals surface area (Å²) in [4.78, 5) is 16.8. The third-order valence-electron chi connectivity index (χ3n) is 2.48. The van der Waals surface area contributed by atoms with Crippen molar-refractivity contribution in [3.8, 4) is 10.7 Å². The first kappa shape index (κ1) is 12.5. The molecule has 0 saturated carbocycles. The van der Waals surface area contributed by atoms with Crippen LogP contribution in [0.5, 0.6) is 0 Å². The van der Waals surface area contributed by atoms with Crippen molar-refractivity contribution in [2.45, 2.75) is 6.61 Å². The fourth-order valence-electron chi connectivity index (χ4n) is 1.56. The predicted octanol–water partition coefficient (Wildman–Crippen LogP) is 1.89. The number of ether oxygens (including phenoxy) is 1. The van der Waals surface area contributed by atoms with Crippen LogP contribution >= 0.6 is 11.3 Å². The quantitative estimate of drug-likeness (QED) is 0.682. The van der Waals surface area contributed by atoms with Gasteiger partial charge < -0.3 is 9.26 Å². The molecule has 8 heteroatoms. The van der Waals surface area contributed by atoms with E-state index in [1.165, 1.54) is 22.2 Å². The van der Waals surface area contributed by atoms with Gasteiger partial charge in [-0.2, -0.15) is 10.1 Å². The van der Waals surface area contributed by atoms with Crippen LogP contribution in [-0.4, -0.2) is 25.9 Å². The molecule has 7 nitrogen and oxygen atoms in total. The molecule has 0 aliphatic carbocycles. The standard InChI is InChI=1S/C12H10N4O3S/c1-16-6-8(5-13-16)12(17)18-7-10-14-11(15-19-10)9-3-2-4-20-9/h2-6H,7H2,1H3. The minimum Gasteiger partial charge on any atom is -0.452 e. The summed E-state index contributed by atoms with van der Waals surface area (Å²) in [5.41, 5.74) is 0.380. The van der Waals surface area contributed by atoms with Crippen molar-refractivity contribution in [3.05, 3.63) is 41.4 Å². The van der Waals surface area contributed by atoms with E-state index in [1.807, 2.05) is 17.5 Å². The van der Waals surface area contributed by atoms with Gasteiger partial charge in [0.05, 0.1) is 16.6 Å². The van der Waals surface area contributed by atoms with Crippen LogP contribution in [0.1, 0.15) is 16.2 Å². The number of carbonyl (C=O) groups excluding carboxylic acids is 1. The lowest BCUT2D eigenvalue weighted by atomic mass is 10.4. The number of rotatable bonds is 4. The van der Waals surface area contributed by atoms with Gasteiger partial charge in [-0.25, -0.2) is 4.79 Å². The van der Waals surface area contributed by atoms with Crippen molar-refractivity contribution in [2.75, 3.05) is 0 Å². The molecule has 0 bridgehead atoms. The van der Waals surface area contributed by atoms with Gasteiger partial charge in [0.15, 0.2) is 6.61 Å². The molecule has 0 radical (unpaired) electrons. The van der Waals surface area contributed by atoms with E-state index in [1.54, 1.807) is 13.2 Å². The molecule has 0 N–H and O–H groups in total. The van der Waals surface area contributed by atoms with E-state index in [4.69, 9.17) is 9.26 Å². The van der Waals surface area contributed by atoms with Crippen molar-refractivity contribution >= 4 is 17.3 Å². The average molecular weight is 290 g/mol. The molecule has 0 aliphatic heterocycles. The molecule has 3 heterocycles. The highest BCUT2D eigenvalue weighted by molar-refractivity contribution is 7.13. The Morgan fingerprint density at radius 2 is 2.45 bits per heavy atom. The molecule has 20 heavy (non-hydrogen) atoms. The van der Waals surface area contributed by atoms with Crippen molar-refractivity contribution in [1.82, 2.24) is 19.9 Å². The van der Waals surface area contributed by atoms with E-state index < -0.39 is 5.97 Å². The molecule has 0 atom stereocenters. The molecule has 0 aliphatic rings. The first-order valence-corrected chi connectivity index (χ1v) is 6.62. The van der Waals surface area contributed by atoms with E-state index in [2.05, 4.69) is 15.2 Å². The molecule has 0 aromatic carbocycles.